The van der Waals surface area contributed by atoms with E-state index >= 15 is 0 Å². The van der Waals surface area contributed by atoms with Gasteiger partial charge in [0.05, 0.1) is 25.3 Å². The molecule has 1 amide bonds. The highest BCUT2D eigenvalue weighted by atomic mass is 16.5. The first-order valence-electron chi connectivity index (χ1n) is 9.39. The Kier molecular flexibility index (Phi) is 6.10. The number of likely N-dealkylation sites (N-methyl/N-ethyl adjacent to an activating group) is 1. The molecule has 1 N–H and O–H groups in total. The fourth-order valence-electron chi connectivity index (χ4n) is 3.85. The zero-order valence-corrected chi connectivity index (χ0v) is 15.8. The molecular formula is C20H31N3O2. The van der Waals surface area contributed by atoms with Crippen LogP contribution >= 0.6 is 0 Å². The third-order valence-corrected chi connectivity index (χ3v) is 5.52. The van der Waals surface area contributed by atoms with Gasteiger partial charge in [0.15, 0.2) is 0 Å². The lowest BCUT2D eigenvalue weighted by atomic mass is 10.0. The number of aryl methyl sites for hydroxylation is 3. The summed E-state index contributed by atoms with van der Waals surface area (Å²) < 4.78 is 5.68. The molecule has 2 saturated heterocycles. The zero-order valence-electron chi connectivity index (χ0n) is 15.8. The zero-order chi connectivity index (χ0) is 17.8. The molecule has 0 saturated carbocycles. The minimum atomic E-state index is 0.120. The number of hydrogen-bond acceptors (Lipinski definition) is 4. The van der Waals surface area contributed by atoms with Crippen molar-refractivity contribution in [1.29, 1.82) is 0 Å². The van der Waals surface area contributed by atoms with Gasteiger partial charge in [0, 0.05) is 32.6 Å². The van der Waals surface area contributed by atoms with Gasteiger partial charge in [-0.3, -0.25) is 9.69 Å². The summed E-state index contributed by atoms with van der Waals surface area (Å²) in [4.78, 5) is 17.3. The first kappa shape index (κ1) is 18.4. The number of carbonyl (C=O) groups excluding carboxylic acids is 1. The number of nitrogens with zero attached hydrogens (tertiary/aromatic N) is 2. The van der Waals surface area contributed by atoms with Crippen LogP contribution in [0.3, 0.4) is 0 Å². The molecular weight excluding hydrogens is 314 g/mol. The Morgan fingerprint density at radius 3 is 2.68 bits per heavy atom. The van der Waals surface area contributed by atoms with Crippen molar-refractivity contribution in [2.24, 2.45) is 0 Å². The largest absolute Gasteiger partial charge is 0.378 e. The van der Waals surface area contributed by atoms with Crippen LogP contribution in [0.4, 0.5) is 0 Å². The summed E-state index contributed by atoms with van der Waals surface area (Å²) in [5, 5.41) is 3.22. The second-order valence-corrected chi connectivity index (χ2v) is 7.55. The van der Waals surface area contributed by atoms with Gasteiger partial charge in [0.1, 0.15) is 0 Å². The molecule has 0 aromatic heterocycles. The number of rotatable bonds is 5. The molecule has 0 bridgehead atoms. The number of benzene rings is 1. The van der Waals surface area contributed by atoms with Gasteiger partial charge in [-0.2, -0.15) is 0 Å². The van der Waals surface area contributed by atoms with E-state index in [1.54, 1.807) is 0 Å². The van der Waals surface area contributed by atoms with Crippen molar-refractivity contribution in [2.45, 2.75) is 38.8 Å². The van der Waals surface area contributed by atoms with Gasteiger partial charge in [-0.15, -0.1) is 0 Å². The number of ether oxygens (including phenoxy) is 1. The lowest BCUT2D eigenvalue weighted by Crippen LogP contribution is -2.56. The summed E-state index contributed by atoms with van der Waals surface area (Å²) >= 11 is 0. The van der Waals surface area contributed by atoms with E-state index in [1.165, 1.54) is 16.7 Å². The van der Waals surface area contributed by atoms with E-state index in [0.717, 1.165) is 39.2 Å². The topological polar surface area (TPSA) is 44.8 Å². The second-order valence-electron chi connectivity index (χ2n) is 7.55. The van der Waals surface area contributed by atoms with Crippen molar-refractivity contribution in [3.8, 4) is 0 Å². The van der Waals surface area contributed by atoms with Crippen LogP contribution in [0.15, 0.2) is 18.2 Å². The Hall–Kier alpha value is -1.43. The lowest BCUT2D eigenvalue weighted by Gasteiger charge is -2.38. The lowest BCUT2D eigenvalue weighted by molar-refractivity contribution is -0.122. The average molecular weight is 345 g/mol. The molecule has 2 aliphatic heterocycles. The first-order valence-corrected chi connectivity index (χ1v) is 9.39. The van der Waals surface area contributed by atoms with Crippen molar-refractivity contribution in [2.75, 3.05) is 46.4 Å². The third kappa shape index (κ3) is 4.81. The highest BCUT2D eigenvalue weighted by molar-refractivity contribution is 5.76. The highest BCUT2D eigenvalue weighted by Gasteiger charge is 2.35. The van der Waals surface area contributed by atoms with Crippen LogP contribution in [0.1, 0.15) is 23.1 Å². The van der Waals surface area contributed by atoms with Gasteiger partial charge in [0.2, 0.25) is 5.91 Å². The summed E-state index contributed by atoms with van der Waals surface area (Å²) in [6.45, 7) is 9.86. The smallest absolute Gasteiger partial charge is 0.220 e. The summed E-state index contributed by atoms with van der Waals surface area (Å²) in [6, 6.07) is 6.88. The molecule has 5 heteroatoms. The molecule has 0 aliphatic carbocycles. The van der Waals surface area contributed by atoms with Crippen molar-refractivity contribution in [3.63, 3.8) is 0 Å². The van der Waals surface area contributed by atoms with Crippen molar-refractivity contribution in [3.05, 3.63) is 34.9 Å². The first-order chi connectivity index (χ1) is 12.0. The van der Waals surface area contributed by atoms with Crippen LogP contribution in [0.5, 0.6) is 0 Å². The van der Waals surface area contributed by atoms with Crippen LogP contribution < -0.4 is 5.32 Å². The van der Waals surface area contributed by atoms with Crippen LogP contribution in [0.2, 0.25) is 0 Å². The van der Waals surface area contributed by atoms with Crippen molar-refractivity contribution < 1.29 is 9.53 Å². The molecule has 5 nitrogen and oxygen atoms in total. The predicted molar refractivity (Wildman–Crippen MR) is 99.8 cm³/mol. The normalized spacial score (nSPS) is 25.2. The molecule has 3 rings (SSSR count). The summed E-state index contributed by atoms with van der Waals surface area (Å²) in [7, 11) is 2.16. The predicted octanol–water partition coefficient (Wildman–Crippen LogP) is 1.37. The quantitative estimate of drug-likeness (QED) is 0.875. The minimum absolute atomic E-state index is 0.120. The van der Waals surface area contributed by atoms with Crippen LogP contribution in [0, 0.1) is 13.8 Å². The van der Waals surface area contributed by atoms with E-state index in [0.29, 0.717) is 19.1 Å². The summed E-state index contributed by atoms with van der Waals surface area (Å²) in [6.07, 6.45) is 1.33. The molecule has 138 valence electrons. The van der Waals surface area contributed by atoms with Crippen LogP contribution in [0.25, 0.3) is 0 Å². The fourth-order valence-corrected chi connectivity index (χ4v) is 3.85. The van der Waals surface area contributed by atoms with E-state index in [1.807, 2.05) is 0 Å². The summed E-state index contributed by atoms with van der Waals surface area (Å²) in [5.74, 6) is 0.134. The number of amides is 1. The Balaban J connectivity index is 1.49. The number of piperazine rings is 1. The molecule has 0 spiro atoms. The Bertz CT molecular complexity index is 597. The maximum Gasteiger partial charge on any atom is 0.220 e. The molecule has 1 aromatic rings. The number of carbonyl (C=O) groups is 1. The van der Waals surface area contributed by atoms with E-state index in [-0.39, 0.29) is 11.9 Å². The minimum Gasteiger partial charge on any atom is -0.378 e. The molecule has 25 heavy (non-hydrogen) atoms. The molecule has 2 aliphatic rings. The van der Waals surface area contributed by atoms with Gasteiger partial charge < -0.3 is 15.0 Å². The maximum atomic E-state index is 12.4. The number of hydrogen-bond donors (Lipinski definition) is 1. The standard InChI is InChI=1S/C20H31N3O2/c1-15-4-5-17(16(2)12-15)6-7-20(24)21-18-13-25-14-19(18)23-10-8-22(3)9-11-23/h4-5,12,18-19H,6-11,13-14H2,1-3H3,(H,21,24)/t18-,19-/m0/s1. The third-order valence-electron chi connectivity index (χ3n) is 5.52. The second kappa shape index (κ2) is 8.30. The molecule has 2 fully saturated rings. The van der Waals surface area contributed by atoms with E-state index in [2.05, 4.69) is 54.2 Å². The Morgan fingerprint density at radius 2 is 1.96 bits per heavy atom. The number of nitrogens with one attached hydrogen (secondary N) is 1. The Labute approximate surface area is 151 Å². The molecule has 0 radical (unpaired) electrons. The van der Waals surface area contributed by atoms with Gasteiger partial charge >= 0.3 is 0 Å². The maximum absolute atomic E-state index is 12.4. The average Bonchev–Trinajstić information content (AvgIpc) is 3.03. The van der Waals surface area contributed by atoms with E-state index in [4.69, 9.17) is 4.74 Å². The van der Waals surface area contributed by atoms with Gasteiger partial charge in [0.25, 0.3) is 0 Å². The highest BCUT2D eigenvalue weighted by Crippen LogP contribution is 2.16. The molecule has 2 atom stereocenters. The van der Waals surface area contributed by atoms with Crippen LogP contribution in [-0.2, 0) is 16.0 Å². The SMILES string of the molecule is Cc1ccc(CCC(=O)N[C@H]2COC[C@@H]2N2CCN(C)CC2)c(C)c1. The molecule has 2 heterocycles. The van der Waals surface area contributed by atoms with E-state index < -0.39 is 0 Å². The molecule has 1 aromatic carbocycles. The van der Waals surface area contributed by atoms with Crippen molar-refractivity contribution in [1.82, 2.24) is 15.1 Å². The van der Waals surface area contributed by atoms with E-state index in [9.17, 15) is 4.79 Å². The van der Waals surface area contributed by atoms with Crippen LogP contribution in [-0.4, -0.2) is 74.2 Å². The van der Waals surface area contributed by atoms with Gasteiger partial charge in [-0.05, 0) is 38.4 Å². The fraction of sp³-hybridized carbons (Fsp3) is 0.650. The monoisotopic (exact) mass is 345 g/mol. The van der Waals surface area contributed by atoms with Gasteiger partial charge in [-0.1, -0.05) is 23.8 Å². The molecule has 0 unspecified atom stereocenters. The van der Waals surface area contributed by atoms with Crippen molar-refractivity contribution >= 4 is 5.91 Å². The Morgan fingerprint density at radius 1 is 1.20 bits per heavy atom. The van der Waals surface area contributed by atoms with Gasteiger partial charge in [-0.25, -0.2) is 0 Å². The summed E-state index contributed by atoms with van der Waals surface area (Å²) in [5.41, 5.74) is 3.80.